The molecular weight excluding hydrogens is 529 g/mol. The maximum absolute atomic E-state index is 13.6. The minimum absolute atomic E-state index is 0.0253. The first-order chi connectivity index (χ1) is 19.0. The first-order valence-electron chi connectivity index (χ1n) is 12.8. The first kappa shape index (κ1) is 28.6. The van der Waals surface area contributed by atoms with Crippen molar-refractivity contribution in [3.05, 3.63) is 65.4 Å². The minimum atomic E-state index is -4.72. The van der Waals surface area contributed by atoms with E-state index in [0.29, 0.717) is 6.42 Å². The largest absolute Gasteiger partial charge is 0.416 e. The molecule has 0 radical (unpaired) electrons. The van der Waals surface area contributed by atoms with Gasteiger partial charge in [0.15, 0.2) is 6.04 Å². The summed E-state index contributed by atoms with van der Waals surface area (Å²) in [5.74, 6) is -0.728. The van der Waals surface area contributed by atoms with Crippen LogP contribution in [0.4, 0.5) is 35.2 Å². The SMILES string of the molecule is CNC(=O)[C@H]1CCC[C@@H]([n+]2cc(NC(=O)Nc3cc(NC(=O)Cc4ccccc4C)cc(C(F)(F)F)c3)on2)C1. The average molecular weight is 560 g/mol. The number of carbonyl (C=O) groups excluding carboxylic acids is 3. The molecule has 13 heteroatoms. The molecule has 2 atom stereocenters. The second-order valence-corrected chi connectivity index (χ2v) is 9.71. The van der Waals surface area contributed by atoms with Crippen molar-refractivity contribution < 1.29 is 36.8 Å². The van der Waals surface area contributed by atoms with E-state index in [-0.39, 0.29) is 41.5 Å². The molecule has 0 saturated heterocycles. The van der Waals surface area contributed by atoms with Gasteiger partial charge in [-0.25, -0.2) is 4.79 Å². The fourth-order valence-electron chi connectivity index (χ4n) is 4.73. The molecule has 1 aliphatic rings. The number of aromatic nitrogens is 2. The number of rotatable bonds is 7. The lowest BCUT2D eigenvalue weighted by molar-refractivity contribution is -0.787. The summed E-state index contributed by atoms with van der Waals surface area (Å²) in [5.41, 5.74) is 0.267. The minimum Gasteiger partial charge on any atom is -0.359 e. The highest BCUT2D eigenvalue weighted by Gasteiger charge is 2.35. The van der Waals surface area contributed by atoms with Crippen molar-refractivity contribution in [3.63, 3.8) is 0 Å². The summed E-state index contributed by atoms with van der Waals surface area (Å²) in [6.07, 6.45) is -0.350. The average Bonchev–Trinajstić information content (AvgIpc) is 3.37. The Bertz CT molecular complexity index is 1390. The second-order valence-electron chi connectivity index (χ2n) is 9.71. The zero-order chi connectivity index (χ0) is 28.9. The van der Waals surface area contributed by atoms with Crippen molar-refractivity contribution in [3.8, 4) is 0 Å². The molecule has 3 aromatic rings. The third kappa shape index (κ3) is 7.36. The highest BCUT2D eigenvalue weighted by Crippen LogP contribution is 2.34. The van der Waals surface area contributed by atoms with Gasteiger partial charge in [-0.3, -0.25) is 19.4 Å². The Kier molecular flexibility index (Phi) is 8.70. The standard InChI is InChI=1S/C27H29F3N6O4/c1-16-6-3-4-7-17(16)11-23(37)32-20-12-19(27(28,29)30)13-21(14-20)33-26(39)34-24-15-36(35-40-24)22-9-5-8-18(10-22)25(38)31-2/h3-4,6-7,12-15,18,22H,5,8-11H2,1-2H3,(H3-,31,32,33,34,35,37,38,39)/p+1/t18-,22+/m0/s1. The highest BCUT2D eigenvalue weighted by atomic mass is 19.4. The third-order valence-corrected chi connectivity index (χ3v) is 6.77. The van der Waals surface area contributed by atoms with E-state index in [0.717, 1.165) is 42.5 Å². The molecule has 0 bridgehead atoms. The second kappa shape index (κ2) is 12.2. The number of halogens is 3. The van der Waals surface area contributed by atoms with Crippen molar-refractivity contribution in [1.29, 1.82) is 0 Å². The molecule has 0 unspecified atom stereocenters. The Morgan fingerprint density at radius 3 is 2.48 bits per heavy atom. The van der Waals surface area contributed by atoms with E-state index in [1.54, 1.807) is 19.2 Å². The number of nitrogens with one attached hydrogen (secondary N) is 4. The number of amides is 4. The van der Waals surface area contributed by atoms with Crippen LogP contribution in [-0.4, -0.2) is 30.2 Å². The van der Waals surface area contributed by atoms with E-state index in [1.165, 1.54) is 16.9 Å². The molecule has 2 aromatic carbocycles. The number of nitrogens with zero attached hydrogens (tertiary/aromatic N) is 2. The van der Waals surface area contributed by atoms with Crippen LogP contribution in [0.2, 0.25) is 0 Å². The van der Waals surface area contributed by atoms with Crippen LogP contribution in [0.25, 0.3) is 0 Å². The smallest absolute Gasteiger partial charge is 0.359 e. The van der Waals surface area contributed by atoms with Gasteiger partial charge < -0.3 is 16.0 Å². The quantitative estimate of drug-likeness (QED) is 0.315. The van der Waals surface area contributed by atoms with E-state index < -0.39 is 23.7 Å². The molecule has 40 heavy (non-hydrogen) atoms. The number of anilines is 3. The van der Waals surface area contributed by atoms with Crippen LogP contribution in [0.5, 0.6) is 0 Å². The van der Waals surface area contributed by atoms with Gasteiger partial charge in [-0.1, -0.05) is 24.3 Å². The molecule has 1 aromatic heterocycles. The summed E-state index contributed by atoms with van der Waals surface area (Å²) < 4.78 is 47.4. The van der Waals surface area contributed by atoms with Gasteiger partial charge in [0.05, 0.1) is 12.0 Å². The Morgan fingerprint density at radius 1 is 1.05 bits per heavy atom. The Labute approximate surface area is 228 Å². The molecule has 4 N–H and O–H groups in total. The van der Waals surface area contributed by atoms with Crippen molar-refractivity contribution in [2.45, 2.75) is 51.2 Å². The number of alkyl halides is 3. The lowest BCUT2D eigenvalue weighted by Crippen LogP contribution is -2.45. The zero-order valence-electron chi connectivity index (χ0n) is 22.0. The van der Waals surface area contributed by atoms with Crippen LogP contribution in [0.1, 0.15) is 48.4 Å². The number of urea groups is 1. The highest BCUT2D eigenvalue weighted by molar-refractivity contribution is 6.00. The van der Waals surface area contributed by atoms with Crippen molar-refractivity contribution in [2.75, 3.05) is 23.0 Å². The summed E-state index contributed by atoms with van der Waals surface area (Å²) in [7, 11) is 1.59. The van der Waals surface area contributed by atoms with Crippen LogP contribution in [0, 0.1) is 12.8 Å². The summed E-state index contributed by atoms with van der Waals surface area (Å²) in [6.45, 7) is 1.83. The predicted molar refractivity (Wildman–Crippen MR) is 139 cm³/mol. The lowest BCUT2D eigenvalue weighted by Gasteiger charge is -2.22. The molecule has 212 valence electrons. The predicted octanol–water partition coefficient (Wildman–Crippen LogP) is 4.59. The van der Waals surface area contributed by atoms with Gasteiger partial charge in [0.25, 0.3) is 6.20 Å². The third-order valence-electron chi connectivity index (χ3n) is 6.77. The van der Waals surface area contributed by atoms with Gasteiger partial charge in [0.2, 0.25) is 17.1 Å². The molecular formula is C27H30F3N6O4+. The van der Waals surface area contributed by atoms with Crippen LogP contribution < -0.4 is 25.9 Å². The fraction of sp³-hybridized carbons (Fsp3) is 0.370. The van der Waals surface area contributed by atoms with Crippen LogP contribution in [0.3, 0.4) is 0 Å². The summed E-state index contributed by atoms with van der Waals surface area (Å²) >= 11 is 0. The van der Waals surface area contributed by atoms with Crippen molar-refractivity contribution in [2.24, 2.45) is 5.92 Å². The summed E-state index contributed by atoms with van der Waals surface area (Å²) in [5, 5.41) is 13.8. The van der Waals surface area contributed by atoms with E-state index in [4.69, 9.17) is 4.52 Å². The first-order valence-corrected chi connectivity index (χ1v) is 12.8. The van der Waals surface area contributed by atoms with Gasteiger partial charge in [-0.15, -0.1) is 0 Å². The van der Waals surface area contributed by atoms with E-state index in [2.05, 4.69) is 26.5 Å². The van der Waals surface area contributed by atoms with E-state index in [9.17, 15) is 27.6 Å². The Hall–Kier alpha value is -4.42. The van der Waals surface area contributed by atoms with Crippen LogP contribution in [-0.2, 0) is 22.2 Å². The van der Waals surface area contributed by atoms with Crippen LogP contribution >= 0.6 is 0 Å². The van der Waals surface area contributed by atoms with Gasteiger partial charge >= 0.3 is 18.1 Å². The number of carbonyl (C=O) groups is 3. The fourth-order valence-corrected chi connectivity index (χ4v) is 4.73. The molecule has 10 nitrogen and oxygen atoms in total. The van der Waals surface area contributed by atoms with Gasteiger partial charge in [-0.2, -0.15) is 13.2 Å². The normalized spacial score (nSPS) is 17.1. The monoisotopic (exact) mass is 559 g/mol. The van der Waals surface area contributed by atoms with Crippen LogP contribution in [0.15, 0.2) is 53.2 Å². The molecule has 4 amide bonds. The molecule has 1 aliphatic carbocycles. The number of hydrogen-bond donors (Lipinski definition) is 4. The summed E-state index contributed by atoms with van der Waals surface area (Å²) in [4.78, 5) is 37.1. The van der Waals surface area contributed by atoms with Crippen molar-refractivity contribution in [1.82, 2.24) is 10.6 Å². The van der Waals surface area contributed by atoms with E-state index in [1.807, 2.05) is 19.1 Å². The Balaban J connectivity index is 1.42. The maximum atomic E-state index is 13.6. The van der Waals surface area contributed by atoms with Gasteiger partial charge in [0.1, 0.15) is 0 Å². The number of hydrogen-bond acceptors (Lipinski definition) is 5. The number of benzene rings is 2. The molecule has 1 saturated carbocycles. The molecule has 0 spiro atoms. The lowest BCUT2D eigenvalue weighted by atomic mass is 9.85. The number of aryl methyl sites for hydroxylation is 1. The molecule has 1 heterocycles. The Morgan fingerprint density at radius 2 is 1.77 bits per heavy atom. The summed E-state index contributed by atoms with van der Waals surface area (Å²) in [6, 6.07) is 9.01. The topological polar surface area (TPSA) is 129 Å². The maximum Gasteiger partial charge on any atom is 0.416 e. The van der Waals surface area contributed by atoms with Gasteiger partial charge in [-0.05, 0) is 53.8 Å². The van der Waals surface area contributed by atoms with Gasteiger partial charge in [0, 0.05) is 37.2 Å². The molecule has 0 aliphatic heterocycles. The van der Waals surface area contributed by atoms with Crippen molar-refractivity contribution >= 4 is 35.1 Å². The molecule has 4 rings (SSSR count). The van der Waals surface area contributed by atoms with E-state index >= 15 is 0 Å². The molecule has 1 fully saturated rings. The zero-order valence-corrected chi connectivity index (χ0v) is 22.0.